The number of hydroxylamine groups is 2. The van der Waals surface area contributed by atoms with Crippen LogP contribution in [0.1, 0.15) is 89.2 Å². The number of nitrogens with zero attached hydrogens (tertiary/aromatic N) is 3. The lowest BCUT2D eigenvalue weighted by Gasteiger charge is -2.35. The highest BCUT2D eigenvalue weighted by atomic mass is 32.2. The first-order chi connectivity index (χ1) is 30.7. The maximum atomic E-state index is 12.4. The van der Waals surface area contributed by atoms with Crippen LogP contribution in [0, 0.1) is 0 Å². The Morgan fingerprint density at radius 2 is 1.30 bits per heavy atom. The molecule has 0 bridgehead atoms. The van der Waals surface area contributed by atoms with Gasteiger partial charge in [0, 0.05) is 67.4 Å². The average molecular weight is 1000 g/mol. The van der Waals surface area contributed by atoms with Crippen LogP contribution in [-0.4, -0.2) is 119 Å². The van der Waals surface area contributed by atoms with E-state index in [9.17, 15) is 66.3 Å². The Morgan fingerprint density at radius 3 is 1.88 bits per heavy atom. The van der Waals surface area contributed by atoms with Gasteiger partial charge < -0.3 is 19.4 Å². The third kappa shape index (κ3) is 12.7. The number of anilines is 2. The minimum absolute atomic E-state index is 0.00579. The van der Waals surface area contributed by atoms with Gasteiger partial charge in [-0.15, -0.1) is 5.06 Å². The molecule has 3 unspecified atom stereocenters. The molecule has 2 aromatic carbocycles. The van der Waals surface area contributed by atoms with E-state index in [0.29, 0.717) is 65.6 Å². The normalized spacial score (nSPS) is 22.1. The summed E-state index contributed by atoms with van der Waals surface area (Å²) in [5.41, 5.74) is 0.688. The molecule has 0 radical (unpaired) electrons. The number of benzene rings is 2. The van der Waals surface area contributed by atoms with E-state index in [-0.39, 0.29) is 56.4 Å². The summed E-state index contributed by atoms with van der Waals surface area (Å²) >= 11 is 0. The summed E-state index contributed by atoms with van der Waals surface area (Å²) in [5.74, 6) is -3.10. The van der Waals surface area contributed by atoms with Gasteiger partial charge in [-0.2, -0.15) is 33.7 Å². The zero-order valence-corrected chi connectivity index (χ0v) is 39.9. The molecule has 0 aromatic heterocycles. The molecular formula is C42H55N3O17S4. The van der Waals surface area contributed by atoms with Gasteiger partial charge in [-0.3, -0.25) is 27.8 Å². The molecule has 1 saturated heterocycles. The van der Waals surface area contributed by atoms with Gasteiger partial charge in [0.15, 0.2) is 0 Å². The van der Waals surface area contributed by atoms with E-state index in [1.54, 1.807) is 37.3 Å². The Morgan fingerprint density at radius 1 is 0.727 bits per heavy atom. The summed E-state index contributed by atoms with van der Waals surface area (Å²) in [4.78, 5) is 44.3. The molecule has 364 valence electrons. The molecule has 3 atom stereocenters. The van der Waals surface area contributed by atoms with Crippen molar-refractivity contribution >= 4 is 69.6 Å². The summed E-state index contributed by atoms with van der Waals surface area (Å²) < 4.78 is 141. The largest absolute Gasteiger partial charge is 0.383 e. The Hall–Kier alpha value is -4.53. The topological polar surface area (TPSA) is 297 Å². The molecule has 3 heterocycles. The van der Waals surface area contributed by atoms with E-state index in [0.717, 1.165) is 0 Å². The van der Waals surface area contributed by atoms with Gasteiger partial charge in [0.25, 0.3) is 52.3 Å². The van der Waals surface area contributed by atoms with Gasteiger partial charge in [0.05, 0.1) is 33.9 Å². The zero-order chi connectivity index (χ0) is 48.9. The molecule has 2 aromatic rings. The molecular weight excluding hydrogens is 947 g/mol. The van der Waals surface area contributed by atoms with Crippen LogP contribution in [-0.2, 0) is 75.3 Å². The van der Waals surface area contributed by atoms with Crippen LogP contribution in [0.25, 0.3) is 0 Å². The van der Waals surface area contributed by atoms with E-state index in [4.69, 9.17) is 9.57 Å². The number of hydrogen-bond acceptors (Lipinski definition) is 15. The molecule has 1 fully saturated rings. The second-order valence-electron chi connectivity index (χ2n) is 16.8. The van der Waals surface area contributed by atoms with E-state index in [1.807, 2.05) is 22.8 Å². The smallest absolute Gasteiger partial charge is 0.333 e. The third-order valence-electron chi connectivity index (χ3n) is 12.1. The summed E-state index contributed by atoms with van der Waals surface area (Å²) in [6, 6.07) is 7.69. The molecule has 2 amide bonds. The van der Waals surface area contributed by atoms with Gasteiger partial charge in [0.1, 0.15) is 0 Å². The van der Waals surface area contributed by atoms with Crippen LogP contribution >= 0.6 is 0 Å². The molecule has 0 saturated carbocycles. The summed E-state index contributed by atoms with van der Waals surface area (Å²) in [7, 11) is -16.5. The molecule has 3 aliphatic heterocycles. The molecule has 0 spiro atoms. The minimum Gasteiger partial charge on any atom is -0.383 e. The molecule has 24 heteroatoms. The van der Waals surface area contributed by atoms with Crippen molar-refractivity contribution in [1.29, 1.82) is 0 Å². The lowest BCUT2D eigenvalue weighted by atomic mass is 9.74. The monoisotopic (exact) mass is 1000 g/mol. The Bertz CT molecular complexity index is 2720. The van der Waals surface area contributed by atoms with Crippen molar-refractivity contribution in [2.75, 3.05) is 48.1 Å². The van der Waals surface area contributed by atoms with Crippen LogP contribution in [0.4, 0.5) is 11.4 Å². The number of carbonyl (C=O) groups is 3. The van der Waals surface area contributed by atoms with Gasteiger partial charge in [-0.25, -0.2) is 4.79 Å². The summed E-state index contributed by atoms with van der Waals surface area (Å²) in [6.07, 6.45) is 10.00. The van der Waals surface area contributed by atoms with E-state index < -0.39 is 91.5 Å². The number of fused-ring (bicyclic) bond motifs is 2. The molecule has 0 aliphatic carbocycles. The highest BCUT2D eigenvalue weighted by Gasteiger charge is 2.47. The number of methoxy groups -OCH3 is 1. The van der Waals surface area contributed by atoms with Crippen LogP contribution in [0.15, 0.2) is 82.3 Å². The Kier molecular flexibility index (Phi) is 16.5. The zero-order valence-electron chi connectivity index (χ0n) is 36.6. The summed E-state index contributed by atoms with van der Waals surface area (Å²) in [5, 5.41) is 0.478. The SMILES string of the molecule is COCCN1c2ccc(S(=O)(=O)O)cc2C(C)(CCCS(=O)(=O)O)C1/C=C/C=C/C=C1/N(CCCCCC(=O)ON2C(=O)CCC2=O)c2ccc(S(=O)(=O)O)cc2C1(C)CCCS(=O)(=O)O. The maximum Gasteiger partial charge on any atom is 0.333 e. The van der Waals surface area contributed by atoms with Gasteiger partial charge in [0.2, 0.25) is 0 Å². The second kappa shape index (κ2) is 20.8. The number of hydrogen-bond donors (Lipinski definition) is 4. The number of amides is 2. The van der Waals surface area contributed by atoms with Crippen LogP contribution in [0.2, 0.25) is 0 Å². The van der Waals surface area contributed by atoms with E-state index in [2.05, 4.69) is 0 Å². The first-order valence-electron chi connectivity index (χ1n) is 21.0. The van der Waals surface area contributed by atoms with Crippen molar-refractivity contribution in [3.05, 3.63) is 83.6 Å². The van der Waals surface area contributed by atoms with Gasteiger partial charge in [-0.05, 0) is 99.0 Å². The van der Waals surface area contributed by atoms with Crippen molar-refractivity contribution in [3.8, 4) is 0 Å². The number of unbranched alkanes of at least 4 members (excludes halogenated alkanes) is 2. The highest BCUT2D eigenvalue weighted by Crippen LogP contribution is 2.52. The number of carbonyl (C=O) groups excluding carboxylic acids is 3. The molecule has 3 aliphatic rings. The fourth-order valence-electron chi connectivity index (χ4n) is 8.91. The van der Waals surface area contributed by atoms with E-state index >= 15 is 0 Å². The van der Waals surface area contributed by atoms with Crippen molar-refractivity contribution in [1.82, 2.24) is 5.06 Å². The number of rotatable bonds is 23. The Balaban J connectivity index is 1.49. The Labute approximate surface area is 385 Å². The molecule has 4 N–H and O–H groups in total. The number of ether oxygens (including phenoxy) is 1. The standard InChI is InChI=1S/C42H55N3O17S4/c1-41(21-10-26-63(49,50)51)32-28-30(65(55,56)57)15-17-34(32)43(23-9-5-8-14-40(48)62-45-38(46)19-20-39(45)47)36(41)12-6-4-7-13-37-42(2,22-11-27-64(52,53)54)33-29-31(66(58,59)60)16-18-35(33)44(37)24-25-61-3/h4,6-7,12-13,15-18,28-29,37H,5,8-11,14,19-27H2,1-3H3,(H,49,50,51)(H,52,53,54)(H,55,56,57)(H,58,59,60)/b6-4+,13-7+,36-12+. The second-order valence-corrected chi connectivity index (χ2v) is 22.8. The number of imide groups is 1. The predicted molar refractivity (Wildman–Crippen MR) is 241 cm³/mol. The van der Waals surface area contributed by atoms with Crippen molar-refractivity contribution in [2.45, 2.75) is 105 Å². The average Bonchev–Trinajstić information content (AvgIpc) is 3.74. The molecule has 5 rings (SSSR count). The van der Waals surface area contributed by atoms with Crippen molar-refractivity contribution in [3.63, 3.8) is 0 Å². The van der Waals surface area contributed by atoms with E-state index in [1.165, 1.54) is 37.4 Å². The lowest BCUT2D eigenvalue weighted by Crippen LogP contribution is -2.43. The van der Waals surface area contributed by atoms with Gasteiger partial charge >= 0.3 is 5.97 Å². The quantitative estimate of drug-likeness (QED) is 0.0514. The van der Waals surface area contributed by atoms with Crippen molar-refractivity contribution < 1.29 is 75.8 Å². The van der Waals surface area contributed by atoms with Crippen molar-refractivity contribution in [2.24, 2.45) is 0 Å². The summed E-state index contributed by atoms with van der Waals surface area (Å²) in [6.45, 7) is 4.48. The minimum atomic E-state index is -4.68. The third-order valence-corrected chi connectivity index (χ3v) is 15.4. The van der Waals surface area contributed by atoms with Crippen LogP contribution in [0.5, 0.6) is 0 Å². The molecule has 66 heavy (non-hydrogen) atoms. The fraction of sp³-hybridized carbons (Fsp3) is 0.500. The fourth-order valence-corrected chi connectivity index (χ4v) is 10.9. The highest BCUT2D eigenvalue weighted by molar-refractivity contribution is 7.86. The van der Waals surface area contributed by atoms with Crippen LogP contribution in [0.3, 0.4) is 0 Å². The lowest BCUT2D eigenvalue weighted by molar-refractivity contribution is -0.197. The first-order valence-corrected chi connectivity index (χ1v) is 27.1. The maximum absolute atomic E-state index is 12.4. The van der Waals surface area contributed by atoms with Gasteiger partial charge in [-0.1, -0.05) is 37.6 Å². The number of allylic oxidation sites excluding steroid dienone is 5. The predicted octanol–water partition coefficient (Wildman–Crippen LogP) is 4.55. The molecule has 20 nitrogen and oxygen atoms in total. The first kappa shape index (κ1) is 52.4. The van der Waals surface area contributed by atoms with Crippen LogP contribution < -0.4 is 9.80 Å².